The molecule has 3 N–H and O–H groups in total. The Morgan fingerprint density at radius 1 is 1.11 bits per heavy atom. The molecular weight excluding hydrogens is 374 g/mol. The van der Waals surface area contributed by atoms with E-state index in [2.05, 4.69) is 10.4 Å². The molecule has 142 valence electrons. The second-order valence-corrected chi connectivity index (χ2v) is 7.52. The first-order valence-electron chi connectivity index (χ1n) is 8.86. The first-order chi connectivity index (χ1) is 13.5. The number of hydrogen-bond donors (Lipinski definition) is 3. The number of phenols is 2. The molecule has 2 heterocycles. The molecule has 0 atom stereocenters. The van der Waals surface area contributed by atoms with E-state index in [-0.39, 0.29) is 17.4 Å². The van der Waals surface area contributed by atoms with Gasteiger partial charge < -0.3 is 15.5 Å². The van der Waals surface area contributed by atoms with E-state index in [0.717, 1.165) is 27.2 Å². The lowest BCUT2D eigenvalue weighted by atomic mass is 10.1. The Morgan fingerprint density at radius 2 is 1.89 bits per heavy atom. The van der Waals surface area contributed by atoms with Crippen LogP contribution < -0.4 is 5.32 Å². The number of nitrogens with one attached hydrogen (secondary N) is 1. The Bertz CT molecular complexity index is 1150. The van der Waals surface area contributed by atoms with Gasteiger partial charge >= 0.3 is 0 Å². The fraction of sp³-hybridized carbons (Fsp3) is 0.143. The molecule has 4 rings (SSSR count). The van der Waals surface area contributed by atoms with Crippen molar-refractivity contribution in [1.29, 1.82) is 0 Å². The van der Waals surface area contributed by atoms with Crippen LogP contribution in [0.25, 0.3) is 15.9 Å². The summed E-state index contributed by atoms with van der Waals surface area (Å²) in [5.41, 5.74) is 2.68. The summed E-state index contributed by atoms with van der Waals surface area (Å²) >= 11 is 1.41. The summed E-state index contributed by atoms with van der Waals surface area (Å²) in [4.78, 5) is 14.1. The van der Waals surface area contributed by atoms with Crippen LogP contribution in [0.1, 0.15) is 20.9 Å². The summed E-state index contributed by atoms with van der Waals surface area (Å²) in [5.74, 6) is -0.446. The average Bonchev–Trinajstić information content (AvgIpc) is 3.26. The third kappa shape index (κ3) is 3.44. The predicted octanol–water partition coefficient (Wildman–Crippen LogP) is 3.78. The third-order valence-corrected chi connectivity index (χ3v) is 5.62. The number of phenolic OH excluding ortho intramolecular Hbond substituents is 2. The van der Waals surface area contributed by atoms with Crippen LogP contribution in [0, 0.1) is 6.92 Å². The van der Waals surface area contributed by atoms with Crippen LogP contribution in [0.2, 0.25) is 0 Å². The molecule has 0 saturated heterocycles. The molecule has 0 bridgehead atoms. The van der Waals surface area contributed by atoms with Crippen molar-refractivity contribution >= 4 is 27.5 Å². The number of aryl methyl sites for hydroxylation is 1. The van der Waals surface area contributed by atoms with Crippen molar-refractivity contribution in [3.63, 3.8) is 0 Å². The third-order valence-electron chi connectivity index (χ3n) is 4.51. The van der Waals surface area contributed by atoms with Gasteiger partial charge in [0.2, 0.25) is 0 Å². The Kier molecular flexibility index (Phi) is 4.75. The molecule has 7 heteroatoms. The fourth-order valence-corrected chi connectivity index (χ4v) is 4.13. The van der Waals surface area contributed by atoms with Gasteiger partial charge in [-0.15, -0.1) is 11.3 Å². The minimum atomic E-state index is -0.158. The maximum absolute atomic E-state index is 12.6. The molecule has 0 radical (unpaired) electrons. The number of carbonyl (C=O) groups excluding carboxylic acids is 1. The molecule has 0 saturated carbocycles. The largest absolute Gasteiger partial charge is 0.504 e. The van der Waals surface area contributed by atoms with Gasteiger partial charge in [-0.25, -0.2) is 4.68 Å². The molecule has 0 aliphatic carbocycles. The van der Waals surface area contributed by atoms with Crippen LogP contribution >= 0.6 is 11.3 Å². The second kappa shape index (κ2) is 7.36. The monoisotopic (exact) mass is 393 g/mol. The van der Waals surface area contributed by atoms with E-state index in [1.165, 1.54) is 23.5 Å². The van der Waals surface area contributed by atoms with Crippen molar-refractivity contribution in [2.75, 3.05) is 6.54 Å². The Labute approximate surface area is 165 Å². The zero-order chi connectivity index (χ0) is 19.7. The topological polar surface area (TPSA) is 87.4 Å². The molecule has 0 spiro atoms. The van der Waals surface area contributed by atoms with Crippen LogP contribution in [0.4, 0.5) is 0 Å². The van der Waals surface area contributed by atoms with Gasteiger partial charge in [-0.3, -0.25) is 4.79 Å². The SMILES string of the molecule is Cc1nn(-c2ccccc2)c2sc(C(=O)NCCc3ccc(O)c(O)c3)cc12. The number of rotatable bonds is 5. The summed E-state index contributed by atoms with van der Waals surface area (Å²) in [6.45, 7) is 2.37. The molecule has 0 aliphatic rings. The van der Waals surface area contributed by atoms with Gasteiger partial charge in [0.25, 0.3) is 5.91 Å². The molecular formula is C21H19N3O3S. The van der Waals surface area contributed by atoms with E-state index in [4.69, 9.17) is 0 Å². The number of benzene rings is 2. The van der Waals surface area contributed by atoms with Crippen LogP contribution in [-0.2, 0) is 6.42 Å². The highest BCUT2D eigenvalue weighted by atomic mass is 32.1. The van der Waals surface area contributed by atoms with Gasteiger partial charge in [-0.1, -0.05) is 24.3 Å². The van der Waals surface area contributed by atoms with Crippen LogP contribution in [0.5, 0.6) is 11.5 Å². The molecule has 0 fully saturated rings. The summed E-state index contributed by atoms with van der Waals surface area (Å²) in [7, 11) is 0. The van der Waals surface area contributed by atoms with Gasteiger partial charge in [-0.2, -0.15) is 5.10 Å². The van der Waals surface area contributed by atoms with Crippen molar-refractivity contribution in [2.45, 2.75) is 13.3 Å². The normalized spacial score (nSPS) is 11.0. The Hall–Kier alpha value is -3.32. The number of para-hydroxylation sites is 1. The van der Waals surface area contributed by atoms with Crippen LogP contribution in [-0.4, -0.2) is 32.4 Å². The summed E-state index contributed by atoms with van der Waals surface area (Å²) < 4.78 is 1.87. The highest BCUT2D eigenvalue weighted by Gasteiger charge is 2.17. The first-order valence-corrected chi connectivity index (χ1v) is 9.68. The van der Waals surface area contributed by atoms with E-state index in [1.54, 1.807) is 6.07 Å². The predicted molar refractivity (Wildman–Crippen MR) is 109 cm³/mol. The second-order valence-electron chi connectivity index (χ2n) is 6.49. The summed E-state index contributed by atoms with van der Waals surface area (Å²) in [6, 6.07) is 16.4. The lowest BCUT2D eigenvalue weighted by molar-refractivity contribution is 0.0958. The standard InChI is InChI=1S/C21H19N3O3S/c1-13-16-12-19(28-21(16)24(23-13)15-5-3-2-4-6-15)20(27)22-10-9-14-7-8-17(25)18(26)11-14/h2-8,11-12,25-26H,9-10H2,1H3,(H,22,27). The molecule has 2 aromatic carbocycles. The zero-order valence-corrected chi connectivity index (χ0v) is 16.0. The molecule has 4 aromatic rings. The molecule has 28 heavy (non-hydrogen) atoms. The van der Waals surface area contributed by atoms with Gasteiger partial charge in [0.1, 0.15) is 4.83 Å². The molecule has 0 unspecified atom stereocenters. The fourth-order valence-electron chi connectivity index (χ4n) is 3.04. The maximum Gasteiger partial charge on any atom is 0.261 e. The van der Waals surface area contributed by atoms with E-state index < -0.39 is 0 Å². The number of carbonyl (C=O) groups is 1. The number of thiophene rings is 1. The lowest BCUT2D eigenvalue weighted by Crippen LogP contribution is -2.24. The van der Waals surface area contributed by atoms with E-state index >= 15 is 0 Å². The molecule has 0 aliphatic heterocycles. The van der Waals surface area contributed by atoms with E-state index in [9.17, 15) is 15.0 Å². The van der Waals surface area contributed by atoms with Gasteiger partial charge in [0.15, 0.2) is 11.5 Å². The highest BCUT2D eigenvalue weighted by Crippen LogP contribution is 2.30. The molecule has 6 nitrogen and oxygen atoms in total. The zero-order valence-electron chi connectivity index (χ0n) is 15.2. The van der Waals surface area contributed by atoms with Crippen molar-refractivity contribution in [2.24, 2.45) is 0 Å². The highest BCUT2D eigenvalue weighted by molar-refractivity contribution is 7.20. The van der Waals surface area contributed by atoms with Crippen LogP contribution in [0.15, 0.2) is 54.6 Å². The minimum Gasteiger partial charge on any atom is -0.504 e. The smallest absolute Gasteiger partial charge is 0.261 e. The van der Waals surface area contributed by atoms with Gasteiger partial charge in [0, 0.05) is 11.9 Å². The summed E-state index contributed by atoms with van der Waals surface area (Å²) in [6.07, 6.45) is 0.557. The number of aromatic nitrogens is 2. The summed E-state index contributed by atoms with van der Waals surface area (Å²) in [5, 5.41) is 27.4. The first kappa shape index (κ1) is 18.1. The Morgan fingerprint density at radius 3 is 2.64 bits per heavy atom. The van der Waals surface area contributed by atoms with E-state index in [0.29, 0.717) is 17.8 Å². The Balaban J connectivity index is 1.49. The van der Waals surface area contributed by atoms with Crippen molar-refractivity contribution in [3.8, 4) is 17.2 Å². The number of fused-ring (bicyclic) bond motifs is 1. The number of hydrogen-bond acceptors (Lipinski definition) is 5. The number of amides is 1. The van der Waals surface area contributed by atoms with Gasteiger partial charge in [0.05, 0.1) is 16.3 Å². The molecule has 1 amide bonds. The maximum atomic E-state index is 12.6. The van der Waals surface area contributed by atoms with Crippen molar-refractivity contribution in [3.05, 3.63) is 70.7 Å². The van der Waals surface area contributed by atoms with Gasteiger partial charge in [-0.05, 0) is 49.2 Å². The van der Waals surface area contributed by atoms with Crippen molar-refractivity contribution in [1.82, 2.24) is 15.1 Å². The minimum absolute atomic E-state index is 0.136. The van der Waals surface area contributed by atoms with E-state index in [1.807, 2.05) is 48.0 Å². The quantitative estimate of drug-likeness (QED) is 0.450. The number of aromatic hydroxyl groups is 2. The van der Waals surface area contributed by atoms with Crippen molar-refractivity contribution < 1.29 is 15.0 Å². The van der Waals surface area contributed by atoms with Crippen LogP contribution in [0.3, 0.4) is 0 Å². The lowest BCUT2D eigenvalue weighted by Gasteiger charge is -2.05. The number of nitrogens with zero attached hydrogens (tertiary/aromatic N) is 2. The molecule has 2 aromatic heterocycles. The average molecular weight is 393 g/mol.